The zero-order chi connectivity index (χ0) is 13.9. The summed E-state index contributed by atoms with van der Waals surface area (Å²) in [6.45, 7) is 0.407. The van der Waals surface area contributed by atoms with E-state index in [4.69, 9.17) is 5.73 Å². The number of nitrogens with two attached hydrogens (primary N) is 1. The minimum atomic E-state index is -0.231. The molecule has 100 valence electrons. The van der Waals surface area contributed by atoms with Crippen LogP contribution in [0.25, 0.3) is 10.9 Å². The number of nitrogens with one attached hydrogen (secondary N) is 1. The van der Waals surface area contributed by atoms with Gasteiger partial charge in [0.1, 0.15) is 5.69 Å². The van der Waals surface area contributed by atoms with Gasteiger partial charge in [-0.3, -0.25) is 9.78 Å². The molecule has 2 aromatic heterocycles. The summed E-state index contributed by atoms with van der Waals surface area (Å²) in [5.41, 5.74) is 7.73. The van der Waals surface area contributed by atoms with E-state index in [9.17, 15) is 4.79 Å². The summed E-state index contributed by atoms with van der Waals surface area (Å²) in [6, 6.07) is 9.78. The summed E-state index contributed by atoms with van der Waals surface area (Å²) >= 11 is 1.25. The molecule has 0 aliphatic rings. The molecule has 20 heavy (non-hydrogen) atoms. The molecule has 1 amide bonds. The number of carbonyl (C=O) groups is 1. The van der Waals surface area contributed by atoms with Crippen molar-refractivity contribution >= 4 is 33.3 Å². The highest BCUT2D eigenvalue weighted by Gasteiger charge is 2.10. The number of anilines is 1. The Morgan fingerprint density at radius 1 is 1.30 bits per heavy atom. The Bertz CT molecular complexity index is 763. The lowest BCUT2D eigenvalue weighted by molar-refractivity contribution is 0.0947. The van der Waals surface area contributed by atoms with Crippen LogP contribution in [0.3, 0.4) is 0 Å². The minimum Gasteiger partial charge on any atom is -0.375 e. The van der Waals surface area contributed by atoms with Gasteiger partial charge >= 0.3 is 0 Å². The number of amides is 1. The van der Waals surface area contributed by atoms with Crippen LogP contribution in [0.5, 0.6) is 0 Å². The van der Waals surface area contributed by atoms with E-state index in [2.05, 4.69) is 15.3 Å². The van der Waals surface area contributed by atoms with Crippen molar-refractivity contribution in [2.75, 3.05) is 5.73 Å². The Morgan fingerprint density at radius 3 is 2.95 bits per heavy atom. The highest BCUT2D eigenvalue weighted by molar-refractivity contribution is 7.13. The van der Waals surface area contributed by atoms with E-state index in [1.807, 2.05) is 30.3 Å². The number of hydrogen-bond donors (Lipinski definition) is 2. The number of carbonyl (C=O) groups excluding carboxylic acids is 1. The number of nitrogens with zero attached hydrogens (tertiary/aromatic N) is 2. The minimum absolute atomic E-state index is 0.231. The summed E-state index contributed by atoms with van der Waals surface area (Å²) in [4.78, 5) is 20.2. The summed E-state index contributed by atoms with van der Waals surface area (Å²) in [5.74, 6) is -0.231. The number of hydrogen-bond acceptors (Lipinski definition) is 5. The largest absolute Gasteiger partial charge is 0.375 e. The molecule has 2 heterocycles. The molecule has 0 fully saturated rings. The fourth-order valence-electron chi connectivity index (χ4n) is 1.97. The molecule has 0 spiro atoms. The smallest absolute Gasteiger partial charge is 0.271 e. The molecule has 0 saturated heterocycles. The van der Waals surface area contributed by atoms with Gasteiger partial charge in [-0.1, -0.05) is 24.3 Å². The van der Waals surface area contributed by atoms with Gasteiger partial charge in [0.05, 0.1) is 5.52 Å². The molecule has 0 bridgehead atoms. The molecular formula is C14H12N4OS. The predicted molar refractivity (Wildman–Crippen MR) is 79.4 cm³/mol. The maximum atomic E-state index is 11.9. The van der Waals surface area contributed by atoms with Crippen LogP contribution in [0.15, 0.2) is 41.9 Å². The molecule has 0 aliphatic carbocycles. The second-order valence-corrected chi connectivity index (χ2v) is 5.14. The first-order valence-electron chi connectivity index (χ1n) is 6.06. The Kier molecular flexibility index (Phi) is 3.30. The van der Waals surface area contributed by atoms with Crippen LogP contribution in [-0.2, 0) is 6.54 Å². The van der Waals surface area contributed by atoms with Gasteiger partial charge in [0.2, 0.25) is 0 Å². The first-order chi connectivity index (χ1) is 9.74. The van der Waals surface area contributed by atoms with Crippen molar-refractivity contribution in [2.45, 2.75) is 6.54 Å². The molecule has 3 rings (SSSR count). The quantitative estimate of drug-likeness (QED) is 0.772. The van der Waals surface area contributed by atoms with Gasteiger partial charge in [0, 0.05) is 23.5 Å². The topological polar surface area (TPSA) is 80.9 Å². The van der Waals surface area contributed by atoms with Crippen molar-refractivity contribution in [3.8, 4) is 0 Å². The molecule has 3 aromatic rings. The third-order valence-electron chi connectivity index (χ3n) is 2.91. The lowest BCUT2D eigenvalue weighted by atomic mass is 10.1. The number of nitrogen functional groups attached to an aromatic ring is 1. The van der Waals surface area contributed by atoms with Crippen LogP contribution in [0.1, 0.15) is 16.1 Å². The molecule has 5 nitrogen and oxygen atoms in total. The average Bonchev–Trinajstić information content (AvgIpc) is 2.91. The number of fused-ring (bicyclic) bond motifs is 1. The van der Waals surface area contributed by atoms with Crippen LogP contribution >= 0.6 is 11.3 Å². The Morgan fingerprint density at radius 2 is 2.15 bits per heavy atom. The normalized spacial score (nSPS) is 10.6. The van der Waals surface area contributed by atoms with E-state index in [1.165, 1.54) is 11.3 Å². The number of thiazole rings is 1. The van der Waals surface area contributed by atoms with Crippen molar-refractivity contribution in [3.63, 3.8) is 0 Å². The Hall–Kier alpha value is -2.47. The van der Waals surface area contributed by atoms with Gasteiger partial charge < -0.3 is 11.1 Å². The van der Waals surface area contributed by atoms with E-state index in [0.717, 1.165) is 16.5 Å². The van der Waals surface area contributed by atoms with Crippen LogP contribution in [0.2, 0.25) is 0 Å². The van der Waals surface area contributed by atoms with Gasteiger partial charge in [-0.05, 0) is 11.6 Å². The monoisotopic (exact) mass is 284 g/mol. The fraction of sp³-hybridized carbons (Fsp3) is 0.0714. The molecule has 0 radical (unpaired) electrons. The molecule has 1 aromatic carbocycles. The lowest BCUT2D eigenvalue weighted by Gasteiger charge is -2.06. The zero-order valence-corrected chi connectivity index (χ0v) is 11.4. The van der Waals surface area contributed by atoms with Crippen LogP contribution < -0.4 is 11.1 Å². The van der Waals surface area contributed by atoms with Gasteiger partial charge in [-0.25, -0.2) is 4.98 Å². The molecule has 0 unspecified atom stereocenters. The molecule has 0 saturated carbocycles. The standard InChI is InChI=1S/C14H12N4OS/c15-14-18-11(8-20-14)13(19)17-7-10-4-1-3-9-5-2-6-16-12(9)10/h1-6,8H,7H2,(H2,15,18)(H,17,19). The number of aromatic nitrogens is 2. The first kappa shape index (κ1) is 12.6. The lowest BCUT2D eigenvalue weighted by Crippen LogP contribution is -2.23. The number of benzene rings is 1. The second kappa shape index (κ2) is 5.26. The molecule has 0 aliphatic heterocycles. The fourth-order valence-corrected chi connectivity index (χ4v) is 2.51. The molecule has 6 heteroatoms. The summed E-state index contributed by atoms with van der Waals surface area (Å²) in [6.07, 6.45) is 1.74. The maximum Gasteiger partial charge on any atom is 0.271 e. The van der Waals surface area contributed by atoms with E-state index in [-0.39, 0.29) is 5.91 Å². The van der Waals surface area contributed by atoms with E-state index in [0.29, 0.717) is 17.4 Å². The van der Waals surface area contributed by atoms with Crippen molar-refractivity contribution in [1.82, 2.24) is 15.3 Å². The van der Waals surface area contributed by atoms with Gasteiger partial charge in [0.15, 0.2) is 5.13 Å². The second-order valence-electron chi connectivity index (χ2n) is 4.25. The van der Waals surface area contributed by atoms with Crippen molar-refractivity contribution < 1.29 is 4.79 Å². The average molecular weight is 284 g/mol. The number of pyridine rings is 1. The van der Waals surface area contributed by atoms with E-state index in [1.54, 1.807) is 11.6 Å². The Labute approximate surface area is 119 Å². The van der Waals surface area contributed by atoms with Crippen molar-refractivity contribution in [1.29, 1.82) is 0 Å². The van der Waals surface area contributed by atoms with Gasteiger partial charge in [-0.15, -0.1) is 11.3 Å². The van der Waals surface area contributed by atoms with Crippen molar-refractivity contribution in [2.24, 2.45) is 0 Å². The van der Waals surface area contributed by atoms with Crippen molar-refractivity contribution in [3.05, 3.63) is 53.2 Å². The highest BCUT2D eigenvalue weighted by atomic mass is 32.1. The zero-order valence-electron chi connectivity index (χ0n) is 10.5. The SMILES string of the molecule is Nc1nc(C(=O)NCc2cccc3cccnc23)cs1. The molecule has 3 N–H and O–H groups in total. The number of rotatable bonds is 3. The first-order valence-corrected chi connectivity index (χ1v) is 6.94. The van der Waals surface area contributed by atoms with Gasteiger partial charge in [0.25, 0.3) is 5.91 Å². The van der Waals surface area contributed by atoms with Crippen LogP contribution in [0, 0.1) is 0 Å². The van der Waals surface area contributed by atoms with Gasteiger partial charge in [-0.2, -0.15) is 0 Å². The van der Waals surface area contributed by atoms with E-state index >= 15 is 0 Å². The Balaban J connectivity index is 1.79. The van der Waals surface area contributed by atoms with Crippen LogP contribution in [-0.4, -0.2) is 15.9 Å². The predicted octanol–water partition coefficient (Wildman–Crippen LogP) is 2.20. The summed E-state index contributed by atoms with van der Waals surface area (Å²) in [7, 11) is 0. The van der Waals surface area contributed by atoms with E-state index < -0.39 is 0 Å². The highest BCUT2D eigenvalue weighted by Crippen LogP contribution is 2.16. The third kappa shape index (κ3) is 2.46. The number of para-hydroxylation sites is 1. The summed E-state index contributed by atoms with van der Waals surface area (Å²) < 4.78 is 0. The molecular weight excluding hydrogens is 272 g/mol. The third-order valence-corrected chi connectivity index (χ3v) is 3.58. The van der Waals surface area contributed by atoms with Crippen LogP contribution in [0.4, 0.5) is 5.13 Å². The maximum absolute atomic E-state index is 11.9. The molecule has 0 atom stereocenters. The summed E-state index contributed by atoms with van der Waals surface area (Å²) in [5, 5.41) is 5.92.